The van der Waals surface area contributed by atoms with Gasteiger partial charge < -0.3 is 10.2 Å². The topological polar surface area (TPSA) is 75.2 Å². The molecule has 1 heterocycles. The van der Waals surface area contributed by atoms with Crippen molar-refractivity contribution in [1.29, 1.82) is 0 Å². The minimum Gasteiger partial charge on any atom is -0.342 e. The van der Waals surface area contributed by atoms with Gasteiger partial charge in [-0.05, 0) is 25.0 Å². The average molecular weight is 439 g/mol. The van der Waals surface area contributed by atoms with Crippen molar-refractivity contribution < 1.29 is 9.59 Å². The van der Waals surface area contributed by atoms with E-state index in [-0.39, 0.29) is 18.2 Å². The first-order valence-corrected chi connectivity index (χ1v) is 10.3. The van der Waals surface area contributed by atoms with Crippen molar-refractivity contribution in [3.63, 3.8) is 0 Å². The largest absolute Gasteiger partial charge is 0.342 e. The van der Waals surface area contributed by atoms with Crippen LogP contribution in [-0.2, 0) is 9.59 Å². The number of rotatable bonds is 9. The van der Waals surface area contributed by atoms with Crippen LogP contribution in [0.4, 0.5) is 5.13 Å². The van der Waals surface area contributed by atoms with Gasteiger partial charge in [0.2, 0.25) is 16.9 Å². The number of anilines is 1. The van der Waals surface area contributed by atoms with Crippen LogP contribution in [0.1, 0.15) is 39.5 Å². The lowest BCUT2D eigenvalue weighted by Gasteiger charge is -2.21. The second kappa shape index (κ2) is 10.4. The van der Waals surface area contributed by atoms with Gasteiger partial charge in [-0.2, -0.15) is 0 Å². The van der Waals surface area contributed by atoms with E-state index in [0.717, 1.165) is 27.9 Å². The normalized spacial score (nSPS) is 10.6. The van der Waals surface area contributed by atoms with Crippen LogP contribution in [0.3, 0.4) is 0 Å². The third-order valence-electron chi connectivity index (χ3n) is 3.68. The lowest BCUT2D eigenvalue weighted by molar-refractivity contribution is -0.131. The second-order valence-electron chi connectivity index (χ2n) is 5.85. The van der Waals surface area contributed by atoms with Gasteiger partial charge in [0.25, 0.3) is 0 Å². The number of carbonyl (C=O) groups excluding carboxylic acids is 2. The smallest absolute Gasteiger partial charge is 0.227 e. The first kappa shape index (κ1) is 20.5. The summed E-state index contributed by atoms with van der Waals surface area (Å²) in [6.45, 7) is 5.11. The monoisotopic (exact) mass is 438 g/mol. The summed E-state index contributed by atoms with van der Waals surface area (Å²) in [7, 11) is 0. The zero-order chi connectivity index (χ0) is 18.9. The molecule has 0 aliphatic heterocycles. The summed E-state index contributed by atoms with van der Waals surface area (Å²) in [6, 6.07) is 7.76. The molecule has 0 saturated heterocycles. The zero-order valence-corrected chi connectivity index (χ0v) is 17.4. The highest BCUT2D eigenvalue weighted by molar-refractivity contribution is 9.10. The molecule has 0 bridgehead atoms. The third-order valence-corrected chi connectivity index (χ3v) is 5.10. The van der Waals surface area contributed by atoms with Crippen molar-refractivity contribution in [2.24, 2.45) is 0 Å². The van der Waals surface area contributed by atoms with Crippen LogP contribution in [0.5, 0.6) is 0 Å². The lowest BCUT2D eigenvalue weighted by atomic mass is 10.2. The van der Waals surface area contributed by atoms with E-state index in [1.165, 1.54) is 11.3 Å². The van der Waals surface area contributed by atoms with Gasteiger partial charge in [-0.15, -0.1) is 10.2 Å². The molecule has 8 heteroatoms. The van der Waals surface area contributed by atoms with Crippen molar-refractivity contribution >= 4 is 44.2 Å². The fraction of sp³-hybridized carbons (Fsp3) is 0.444. The molecule has 1 N–H and O–H groups in total. The van der Waals surface area contributed by atoms with Crippen LogP contribution in [0.2, 0.25) is 0 Å². The minimum absolute atomic E-state index is 0.107. The SMILES string of the molecule is CCCC(=O)N(CCC)CCC(=O)Nc1nnc(-c2ccc(Br)cc2)s1. The van der Waals surface area contributed by atoms with E-state index in [4.69, 9.17) is 0 Å². The van der Waals surface area contributed by atoms with Crippen LogP contribution in [0.15, 0.2) is 28.7 Å². The maximum Gasteiger partial charge on any atom is 0.227 e. The molecular formula is C18H23BrN4O2S. The standard InChI is InChI=1S/C18H23BrN4O2S/c1-3-5-16(25)23(11-4-2)12-10-15(24)20-18-22-21-17(26-18)13-6-8-14(19)9-7-13/h6-9H,3-5,10-12H2,1-2H3,(H,20,22,24). The highest BCUT2D eigenvalue weighted by Crippen LogP contribution is 2.27. The third kappa shape index (κ3) is 6.17. The van der Waals surface area contributed by atoms with Gasteiger partial charge in [0.1, 0.15) is 5.01 Å². The maximum absolute atomic E-state index is 12.2. The number of nitrogens with one attached hydrogen (secondary N) is 1. The molecule has 2 amide bonds. The van der Waals surface area contributed by atoms with Crippen molar-refractivity contribution in [2.45, 2.75) is 39.5 Å². The van der Waals surface area contributed by atoms with E-state index in [1.54, 1.807) is 4.90 Å². The van der Waals surface area contributed by atoms with E-state index in [1.807, 2.05) is 38.1 Å². The molecular weight excluding hydrogens is 416 g/mol. The van der Waals surface area contributed by atoms with E-state index in [0.29, 0.717) is 24.6 Å². The molecule has 26 heavy (non-hydrogen) atoms. The molecule has 140 valence electrons. The van der Waals surface area contributed by atoms with Crippen LogP contribution >= 0.6 is 27.3 Å². The Morgan fingerprint density at radius 3 is 2.46 bits per heavy atom. The Bertz CT molecular complexity index is 733. The number of hydrogen-bond donors (Lipinski definition) is 1. The Balaban J connectivity index is 1.89. The van der Waals surface area contributed by atoms with Crippen molar-refractivity contribution in [2.75, 3.05) is 18.4 Å². The fourth-order valence-electron chi connectivity index (χ4n) is 2.40. The first-order valence-electron chi connectivity index (χ1n) is 8.70. The molecule has 1 aromatic carbocycles. The van der Waals surface area contributed by atoms with Crippen LogP contribution in [-0.4, -0.2) is 40.0 Å². The zero-order valence-electron chi connectivity index (χ0n) is 15.0. The highest BCUT2D eigenvalue weighted by Gasteiger charge is 2.15. The van der Waals surface area contributed by atoms with Gasteiger partial charge in [0, 0.05) is 36.0 Å². The summed E-state index contributed by atoms with van der Waals surface area (Å²) in [5, 5.41) is 12.1. The number of benzene rings is 1. The number of nitrogens with zero attached hydrogens (tertiary/aromatic N) is 3. The Kier molecular flexibility index (Phi) is 8.18. The number of amides is 2. The van der Waals surface area contributed by atoms with Crippen LogP contribution < -0.4 is 5.32 Å². The molecule has 0 aliphatic carbocycles. The Morgan fingerprint density at radius 1 is 1.08 bits per heavy atom. The molecule has 0 spiro atoms. The predicted octanol–water partition coefficient (Wildman–Crippen LogP) is 4.33. The summed E-state index contributed by atoms with van der Waals surface area (Å²) in [5.41, 5.74) is 0.950. The molecule has 2 rings (SSSR count). The van der Waals surface area contributed by atoms with Crippen molar-refractivity contribution in [3.05, 3.63) is 28.7 Å². The first-order chi connectivity index (χ1) is 12.5. The average Bonchev–Trinajstić information content (AvgIpc) is 3.07. The van der Waals surface area contributed by atoms with Crippen molar-refractivity contribution in [3.8, 4) is 10.6 Å². The molecule has 1 aromatic heterocycles. The Hall–Kier alpha value is -1.80. The summed E-state index contributed by atoms with van der Waals surface area (Å²) in [5.74, 6) is -0.0514. The van der Waals surface area contributed by atoms with E-state index < -0.39 is 0 Å². The number of hydrogen-bond acceptors (Lipinski definition) is 5. The van der Waals surface area contributed by atoms with Crippen LogP contribution in [0.25, 0.3) is 10.6 Å². The molecule has 0 saturated carbocycles. The highest BCUT2D eigenvalue weighted by atomic mass is 79.9. The quantitative estimate of drug-likeness (QED) is 0.631. The van der Waals surface area contributed by atoms with Gasteiger partial charge in [-0.1, -0.05) is 53.2 Å². The summed E-state index contributed by atoms with van der Waals surface area (Å²) in [4.78, 5) is 26.0. The van der Waals surface area contributed by atoms with Gasteiger partial charge in [-0.25, -0.2) is 0 Å². The predicted molar refractivity (Wildman–Crippen MR) is 108 cm³/mol. The van der Waals surface area contributed by atoms with Gasteiger partial charge >= 0.3 is 0 Å². The molecule has 6 nitrogen and oxygen atoms in total. The van der Waals surface area contributed by atoms with Gasteiger partial charge in [0.15, 0.2) is 0 Å². The lowest BCUT2D eigenvalue weighted by Crippen LogP contribution is -2.34. The molecule has 0 fully saturated rings. The minimum atomic E-state index is -0.158. The van der Waals surface area contributed by atoms with E-state index in [2.05, 4.69) is 31.4 Å². The maximum atomic E-state index is 12.2. The summed E-state index contributed by atoms with van der Waals surface area (Å²) >= 11 is 4.73. The van der Waals surface area contributed by atoms with Gasteiger partial charge in [-0.3, -0.25) is 9.59 Å². The molecule has 0 atom stereocenters. The van der Waals surface area contributed by atoms with Crippen molar-refractivity contribution in [1.82, 2.24) is 15.1 Å². The number of carbonyl (C=O) groups is 2. The molecule has 0 unspecified atom stereocenters. The number of halogens is 1. The number of aromatic nitrogens is 2. The molecule has 2 aromatic rings. The molecule has 0 radical (unpaired) electrons. The Morgan fingerprint density at radius 2 is 1.81 bits per heavy atom. The Labute approximate surface area is 166 Å². The van der Waals surface area contributed by atoms with Gasteiger partial charge in [0.05, 0.1) is 0 Å². The summed E-state index contributed by atoms with van der Waals surface area (Å²) < 4.78 is 0.994. The van der Waals surface area contributed by atoms with Crippen LogP contribution in [0, 0.1) is 0 Å². The second-order valence-corrected chi connectivity index (χ2v) is 7.74. The fourth-order valence-corrected chi connectivity index (χ4v) is 3.43. The summed E-state index contributed by atoms with van der Waals surface area (Å²) in [6.07, 6.45) is 2.47. The van der Waals surface area contributed by atoms with E-state index >= 15 is 0 Å². The molecule has 0 aliphatic rings. The van der Waals surface area contributed by atoms with E-state index in [9.17, 15) is 9.59 Å².